The van der Waals surface area contributed by atoms with E-state index in [1.54, 1.807) is 0 Å². The van der Waals surface area contributed by atoms with Gasteiger partial charge in [0.1, 0.15) is 0 Å². The summed E-state index contributed by atoms with van der Waals surface area (Å²) < 4.78 is 2.23. The van der Waals surface area contributed by atoms with Crippen LogP contribution in [0.5, 0.6) is 0 Å². The lowest BCUT2D eigenvalue weighted by Crippen LogP contribution is -2.35. The maximum absolute atomic E-state index is 3.75. The van der Waals surface area contributed by atoms with Gasteiger partial charge in [-0.25, -0.2) is 0 Å². The first-order valence-electron chi connectivity index (χ1n) is 4.93. The molecule has 0 spiro atoms. The molecule has 0 N–H and O–H groups in total. The fraction of sp³-hybridized carbons (Fsp3) is 0.231. The summed E-state index contributed by atoms with van der Waals surface area (Å²) in [5.41, 5.74) is 0. The average Bonchev–Trinajstić information content (AvgIpc) is 2.72. The van der Waals surface area contributed by atoms with Crippen LogP contribution in [0.1, 0.15) is 13.3 Å². The van der Waals surface area contributed by atoms with Crippen LogP contribution in [-0.2, 0) is 7.05 Å². The zero-order valence-corrected chi connectivity index (χ0v) is 8.75. The van der Waals surface area contributed by atoms with Crippen molar-refractivity contribution in [2.75, 3.05) is 0 Å². The van der Waals surface area contributed by atoms with Crippen molar-refractivity contribution in [1.82, 2.24) is 4.57 Å². The summed E-state index contributed by atoms with van der Waals surface area (Å²) in [6, 6.07) is 0. The molecule has 0 atom stereocenters. The molecule has 0 fully saturated rings. The van der Waals surface area contributed by atoms with E-state index in [-0.39, 0.29) is 0 Å². The van der Waals surface area contributed by atoms with Crippen molar-refractivity contribution in [2.24, 2.45) is 7.05 Å². The van der Waals surface area contributed by atoms with Crippen molar-refractivity contribution in [1.29, 1.82) is 0 Å². The van der Waals surface area contributed by atoms with Gasteiger partial charge >= 0.3 is 0 Å². The second kappa shape index (κ2) is 3.33. The predicted molar refractivity (Wildman–Crippen MR) is 62.3 cm³/mol. The molecule has 1 heterocycles. The fourth-order valence-electron chi connectivity index (χ4n) is 2.13. The molecule has 0 aromatic carbocycles. The van der Waals surface area contributed by atoms with E-state index in [1.165, 1.54) is 21.1 Å². The third-order valence-corrected chi connectivity index (χ3v) is 2.76. The smallest absolute Gasteiger partial charge is 0.0484 e. The maximum atomic E-state index is 3.75. The molecule has 2 rings (SSSR count). The maximum Gasteiger partial charge on any atom is 0.0484 e. The monoisotopic (exact) mass is 185 g/mol. The highest BCUT2D eigenvalue weighted by atomic mass is 14.9. The zero-order valence-electron chi connectivity index (χ0n) is 8.75. The Kier molecular flexibility index (Phi) is 2.16. The number of allylic oxidation sites excluding steroid dienone is 1. The molecule has 0 amide bonds. The van der Waals surface area contributed by atoms with Gasteiger partial charge in [0.15, 0.2) is 0 Å². The summed E-state index contributed by atoms with van der Waals surface area (Å²) >= 11 is 0. The Hall–Kier alpha value is -1.50. The van der Waals surface area contributed by atoms with Crippen molar-refractivity contribution in [3.63, 3.8) is 0 Å². The minimum absolute atomic E-state index is 1.06. The molecular formula is C13H15N. The van der Waals surface area contributed by atoms with Crippen molar-refractivity contribution >= 4 is 24.3 Å². The van der Waals surface area contributed by atoms with E-state index in [4.69, 9.17) is 0 Å². The van der Waals surface area contributed by atoms with Gasteiger partial charge in [-0.2, -0.15) is 0 Å². The van der Waals surface area contributed by atoms with Gasteiger partial charge < -0.3 is 4.57 Å². The van der Waals surface area contributed by atoms with Gasteiger partial charge in [-0.05, 0) is 19.4 Å². The first-order valence-corrected chi connectivity index (χ1v) is 4.93. The highest BCUT2D eigenvalue weighted by Gasteiger charge is 2.01. The van der Waals surface area contributed by atoms with Crippen LogP contribution in [0.25, 0.3) is 24.3 Å². The fourth-order valence-corrected chi connectivity index (χ4v) is 2.13. The van der Waals surface area contributed by atoms with E-state index in [1.807, 2.05) is 6.08 Å². The number of nitrogens with zero attached hydrogens (tertiary/aromatic N) is 1. The van der Waals surface area contributed by atoms with Crippen molar-refractivity contribution in [3.8, 4) is 0 Å². The number of aromatic nitrogens is 1. The van der Waals surface area contributed by atoms with E-state index in [2.05, 4.69) is 49.4 Å². The van der Waals surface area contributed by atoms with Crippen molar-refractivity contribution in [2.45, 2.75) is 13.3 Å². The molecule has 0 unspecified atom stereocenters. The van der Waals surface area contributed by atoms with Gasteiger partial charge in [0, 0.05) is 28.2 Å². The first kappa shape index (κ1) is 9.07. The second-order valence-corrected chi connectivity index (χ2v) is 3.49. The Morgan fingerprint density at radius 3 is 2.86 bits per heavy atom. The summed E-state index contributed by atoms with van der Waals surface area (Å²) in [4.78, 5) is 0. The molecule has 72 valence electrons. The molecule has 1 aliphatic carbocycles. The molecule has 1 aliphatic rings. The summed E-state index contributed by atoms with van der Waals surface area (Å²) in [7, 11) is 2.11. The summed E-state index contributed by atoms with van der Waals surface area (Å²) in [5.74, 6) is 0. The molecule has 1 nitrogen and oxygen atoms in total. The van der Waals surface area contributed by atoms with E-state index >= 15 is 0 Å². The minimum atomic E-state index is 1.06. The number of hydrogen-bond donors (Lipinski definition) is 0. The molecule has 0 saturated carbocycles. The Morgan fingerprint density at radius 2 is 2.21 bits per heavy atom. The van der Waals surface area contributed by atoms with Gasteiger partial charge in [0.05, 0.1) is 0 Å². The minimum Gasteiger partial charge on any atom is -0.344 e. The number of fused-ring (bicyclic) bond motifs is 1. The van der Waals surface area contributed by atoms with Crippen LogP contribution in [0.15, 0.2) is 12.7 Å². The van der Waals surface area contributed by atoms with Crippen LogP contribution in [-0.4, -0.2) is 4.57 Å². The predicted octanol–water partition coefficient (Wildman–Crippen LogP) is -0.243. The Balaban J connectivity index is 3.12. The lowest BCUT2D eigenvalue weighted by molar-refractivity contribution is 0.855. The summed E-state index contributed by atoms with van der Waals surface area (Å²) in [6.45, 7) is 5.84. The molecule has 0 aliphatic heterocycles. The van der Waals surface area contributed by atoms with Crippen LogP contribution in [0, 0.1) is 0 Å². The van der Waals surface area contributed by atoms with Gasteiger partial charge in [-0.1, -0.05) is 30.9 Å². The molecule has 1 heteroatoms. The third kappa shape index (κ3) is 1.09. The molecule has 0 radical (unpaired) electrons. The van der Waals surface area contributed by atoms with Gasteiger partial charge in [-0.15, -0.1) is 0 Å². The molecular weight excluding hydrogens is 170 g/mol. The SMILES string of the molecule is C=C/C=c1\c(=C/C)c2c(n1C)=CCC=2. The highest BCUT2D eigenvalue weighted by Crippen LogP contribution is 1.84. The molecule has 14 heavy (non-hydrogen) atoms. The van der Waals surface area contributed by atoms with E-state index < -0.39 is 0 Å². The van der Waals surface area contributed by atoms with E-state index in [0.717, 1.165) is 6.42 Å². The lowest BCUT2D eigenvalue weighted by Gasteiger charge is -1.91. The highest BCUT2D eigenvalue weighted by molar-refractivity contribution is 5.48. The molecule has 0 saturated heterocycles. The van der Waals surface area contributed by atoms with Gasteiger partial charge in [-0.3, -0.25) is 0 Å². The largest absolute Gasteiger partial charge is 0.344 e. The topological polar surface area (TPSA) is 4.93 Å². The standard InChI is InChI=1S/C13H15N/c1-4-7-12-10(5-2)11-8-6-9-13(11)14(12)3/h4-5,7-9H,1,6H2,2-3H3/b10-5-,12-7+. The summed E-state index contributed by atoms with van der Waals surface area (Å²) in [6.07, 6.45) is 11.7. The van der Waals surface area contributed by atoms with E-state index in [9.17, 15) is 0 Å². The second-order valence-electron chi connectivity index (χ2n) is 3.49. The van der Waals surface area contributed by atoms with Crippen molar-refractivity contribution in [3.05, 3.63) is 33.8 Å². The quantitative estimate of drug-likeness (QED) is 0.569. The van der Waals surface area contributed by atoms with Crippen LogP contribution >= 0.6 is 0 Å². The number of rotatable bonds is 1. The molecule has 1 aromatic rings. The summed E-state index contributed by atoms with van der Waals surface area (Å²) in [5, 5.41) is 5.30. The van der Waals surface area contributed by atoms with Crippen LogP contribution in [0.2, 0.25) is 0 Å². The normalized spacial score (nSPS) is 16.4. The van der Waals surface area contributed by atoms with Crippen molar-refractivity contribution < 1.29 is 0 Å². The Bertz CT molecular complexity index is 597. The Morgan fingerprint density at radius 1 is 1.43 bits per heavy atom. The Labute approximate surface area is 83.7 Å². The van der Waals surface area contributed by atoms with Crippen LogP contribution < -0.4 is 21.1 Å². The van der Waals surface area contributed by atoms with Gasteiger partial charge in [0.2, 0.25) is 0 Å². The number of hydrogen-bond acceptors (Lipinski definition) is 0. The average molecular weight is 185 g/mol. The molecule has 1 aromatic heterocycles. The van der Waals surface area contributed by atoms with Gasteiger partial charge in [0.25, 0.3) is 0 Å². The lowest BCUT2D eigenvalue weighted by atomic mass is 10.3. The van der Waals surface area contributed by atoms with Crippen LogP contribution in [0.3, 0.4) is 0 Å². The van der Waals surface area contributed by atoms with Crippen LogP contribution in [0.4, 0.5) is 0 Å². The van der Waals surface area contributed by atoms with E-state index in [0.29, 0.717) is 0 Å². The first-order chi connectivity index (χ1) is 6.79. The molecule has 0 bridgehead atoms. The third-order valence-electron chi connectivity index (χ3n) is 2.76. The zero-order chi connectivity index (χ0) is 10.1.